The number of piperidine rings is 1. The zero-order valence-corrected chi connectivity index (χ0v) is 15.3. The van der Waals surface area contributed by atoms with Crippen molar-refractivity contribution in [3.63, 3.8) is 0 Å². The number of carbonyl (C=O) groups is 1. The summed E-state index contributed by atoms with van der Waals surface area (Å²) in [4.78, 5) is 16.8. The lowest BCUT2D eigenvalue weighted by Gasteiger charge is -2.50. The summed E-state index contributed by atoms with van der Waals surface area (Å²) in [6.07, 6.45) is 6.13. The molecule has 1 atom stereocenters. The fourth-order valence-corrected chi connectivity index (χ4v) is 3.75. The van der Waals surface area contributed by atoms with Crippen molar-refractivity contribution in [3.8, 4) is 0 Å². The van der Waals surface area contributed by atoms with Crippen LogP contribution in [0.5, 0.6) is 0 Å². The van der Waals surface area contributed by atoms with E-state index in [1.165, 1.54) is 25.8 Å². The lowest BCUT2D eigenvalue weighted by molar-refractivity contribution is -0.192. The molecular weight excluding hydrogens is 296 g/mol. The number of hydrogen-bond donors (Lipinski definition) is 0. The van der Waals surface area contributed by atoms with Crippen LogP contribution in [0.25, 0.3) is 0 Å². The van der Waals surface area contributed by atoms with Gasteiger partial charge in [-0.2, -0.15) is 13.5 Å². The Balaban J connectivity index is 0.00000176. The van der Waals surface area contributed by atoms with E-state index in [0.717, 1.165) is 38.4 Å². The van der Waals surface area contributed by atoms with Gasteiger partial charge < -0.3 is 14.5 Å². The molecule has 0 aromatic heterocycles. The Bertz CT molecular complexity index is 390. The molecule has 0 N–H and O–H groups in total. The van der Waals surface area contributed by atoms with Crippen LogP contribution in [0, 0.1) is 5.92 Å². The quantitative estimate of drug-likeness (QED) is 0.794. The van der Waals surface area contributed by atoms with Crippen LogP contribution in [0.1, 0.15) is 52.9 Å². The van der Waals surface area contributed by atoms with Gasteiger partial charge in [0.1, 0.15) is 6.10 Å². The van der Waals surface area contributed by atoms with Crippen molar-refractivity contribution in [3.05, 3.63) is 0 Å². The number of morpholine rings is 1. The monoisotopic (exact) mass is 328 g/mol. The minimum Gasteiger partial charge on any atom is -0.360 e. The third-order valence-corrected chi connectivity index (χ3v) is 5.46. The average molecular weight is 329 g/mol. The van der Waals surface area contributed by atoms with Gasteiger partial charge in [-0.1, -0.05) is 12.8 Å². The molecule has 2 aliphatic heterocycles. The standard InChI is InChI=1S/C17H30N2O2.H2S/c1-13(2)19-12-17(21-14(3)16(19)20)7-10-18(11-8-17)9-6-15-4-5-15;/h13-15H,4-12H2,1-3H3;1H2/t14-;/m0./s1. The van der Waals surface area contributed by atoms with Crippen molar-refractivity contribution in [2.24, 2.45) is 5.92 Å². The second-order valence-electron chi connectivity index (χ2n) is 7.58. The van der Waals surface area contributed by atoms with Gasteiger partial charge in [0.05, 0.1) is 12.1 Å². The molecular formula is C17H32N2O2S. The fraction of sp³-hybridized carbons (Fsp3) is 0.941. The molecule has 2 heterocycles. The third-order valence-electron chi connectivity index (χ3n) is 5.46. The summed E-state index contributed by atoms with van der Waals surface area (Å²) in [7, 11) is 0. The summed E-state index contributed by atoms with van der Waals surface area (Å²) in [5.74, 6) is 1.17. The highest BCUT2D eigenvalue weighted by atomic mass is 32.1. The molecule has 3 fully saturated rings. The van der Waals surface area contributed by atoms with E-state index in [0.29, 0.717) is 0 Å². The molecule has 4 nitrogen and oxygen atoms in total. The minimum absolute atomic E-state index is 0. The number of rotatable bonds is 4. The molecule has 3 rings (SSSR count). The first-order chi connectivity index (χ1) is 9.99. The largest absolute Gasteiger partial charge is 0.360 e. The maximum Gasteiger partial charge on any atom is 0.251 e. The first-order valence-electron chi connectivity index (χ1n) is 8.70. The number of carbonyl (C=O) groups excluding carboxylic acids is 1. The molecule has 0 aromatic rings. The molecule has 0 bridgehead atoms. The van der Waals surface area contributed by atoms with E-state index in [1.807, 2.05) is 11.8 Å². The van der Waals surface area contributed by atoms with E-state index in [2.05, 4.69) is 18.7 Å². The molecule has 1 saturated carbocycles. The molecule has 0 aromatic carbocycles. The normalized spacial score (nSPS) is 29.0. The van der Waals surface area contributed by atoms with Crippen LogP contribution < -0.4 is 0 Å². The summed E-state index contributed by atoms with van der Waals surface area (Å²) in [6.45, 7) is 10.4. The smallest absolute Gasteiger partial charge is 0.251 e. The van der Waals surface area contributed by atoms with Gasteiger partial charge in [0.2, 0.25) is 0 Å². The molecule has 0 radical (unpaired) electrons. The first kappa shape index (κ1) is 18.1. The molecule has 2 saturated heterocycles. The maximum atomic E-state index is 12.2. The molecule has 3 aliphatic rings. The summed E-state index contributed by atoms with van der Waals surface area (Å²) >= 11 is 0. The molecule has 128 valence electrons. The Labute approximate surface area is 142 Å². The first-order valence-corrected chi connectivity index (χ1v) is 8.70. The van der Waals surface area contributed by atoms with Gasteiger partial charge >= 0.3 is 0 Å². The Hall–Kier alpha value is -0.260. The molecule has 5 heteroatoms. The maximum absolute atomic E-state index is 12.2. The van der Waals surface area contributed by atoms with Gasteiger partial charge in [0.15, 0.2) is 0 Å². The van der Waals surface area contributed by atoms with Gasteiger partial charge in [-0.3, -0.25) is 4.79 Å². The van der Waals surface area contributed by atoms with Crippen LogP contribution in [-0.2, 0) is 9.53 Å². The van der Waals surface area contributed by atoms with Crippen LogP contribution in [0.2, 0.25) is 0 Å². The molecule has 22 heavy (non-hydrogen) atoms. The predicted octanol–water partition coefficient (Wildman–Crippen LogP) is 2.39. The summed E-state index contributed by atoms with van der Waals surface area (Å²) in [5.41, 5.74) is -0.0896. The van der Waals surface area contributed by atoms with Crippen molar-refractivity contribution >= 4 is 19.4 Å². The average Bonchev–Trinajstić information content (AvgIpc) is 3.26. The Morgan fingerprint density at radius 1 is 1.27 bits per heavy atom. The lowest BCUT2D eigenvalue weighted by atomic mass is 9.88. The second-order valence-corrected chi connectivity index (χ2v) is 7.58. The van der Waals surface area contributed by atoms with E-state index >= 15 is 0 Å². The number of ether oxygens (including phenoxy) is 1. The van der Waals surface area contributed by atoms with Gasteiger partial charge in [-0.15, -0.1) is 0 Å². The summed E-state index contributed by atoms with van der Waals surface area (Å²) in [5, 5.41) is 0. The third kappa shape index (κ3) is 3.98. The van der Waals surface area contributed by atoms with Gasteiger partial charge in [0, 0.05) is 19.1 Å². The van der Waals surface area contributed by atoms with E-state index in [-0.39, 0.29) is 37.1 Å². The van der Waals surface area contributed by atoms with E-state index < -0.39 is 0 Å². The van der Waals surface area contributed by atoms with E-state index in [4.69, 9.17) is 4.74 Å². The highest BCUT2D eigenvalue weighted by Crippen LogP contribution is 2.35. The Morgan fingerprint density at radius 2 is 1.91 bits per heavy atom. The summed E-state index contributed by atoms with van der Waals surface area (Å²) in [6, 6.07) is 0.272. The molecule has 1 amide bonds. The van der Waals surface area contributed by atoms with Crippen LogP contribution in [0.3, 0.4) is 0 Å². The highest BCUT2D eigenvalue weighted by Gasteiger charge is 2.45. The summed E-state index contributed by atoms with van der Waals surface area (Å²) < 4.78 is 6.18. The number of nitrogens with zero attached hydrogens (tertiary/aromatic N) is 2. The zero-order chi connectivity index (χ0) is 15.0. The highest BCUT2D eigenvalue weighted by molar-refractivity contribution is 7.59. The molecule has 0 unspecified atom stereocenters. The van der Waals surface area contributed by atoms with Crippen molar-refractivity contribution in [1.29, 1.82) is 0 Å². The van der Waals surface area contributed by atoms with Crippen molar-refractivity contribution in [2.45, 2.75) is 70.6 Å². The minimum atomic E-state index is -0.279. The van der Waals surface area contributed by atoms with Crippen molar-refractivity contribution in [1.82, 2.24) is 9.80 Å². The Kier molecular flexibility index (Phi) is 5.84. The number of hydrogen-bond acceptors (Lipinski definition) is 3. The predicted molar refractivity (Wildman–Crippen MR) is 93.5 cm³/mol. The SMILES string of the molecule is CC(C)N1CC2(CCN(CCC3CC3)CC2)O[C@@H](C)C1=O.S. The lowest BCUT2D eigenvalue weighted by Crippen LogP contribution is -2.62. The van der Waals surface area contributed by atoms with Crippen LogP contribution in [0.4, 0.5) is 0 Å². The van der Waals surface area contributed by atoms with Crippen molar-refractivity contribution in [2.75, 3.05) is 26.2 Å². The topological polar surface area (TPSA) is 32.8 Å². The Morgan fingerprint density at radius 3 is 2.45 bits per heavy atom. The molecule has 1 spiro atoms. The van der Waals surface area contributed by atoms with Gasteiger partial charge in [-0.05, 0) is 52.5 Å². The second kappa shape index (κ2) is 7.10. The van der Waals surface area contributed by atoms with Crippen LogP contribution in [0.15, 0.2) is 0 Å². The van der Waals surface area contributed by atoms with Crippen LogP contribution >= 0.6 is 13.5 Å². The number of amides is 1. The van der Waals surface area contributed by atoms with E-state index in [1.54, 1.807) is 0 Å². The van der Waals surface area contributed by atoms with Gasteiger partial charge in [-0.25, -0.2) is 0 Å². The zero-order valence-electron chi connectivity index (χ0n) is 14.3. The van der Waals surface area contributed by atoms with Crippen molar-refractivity contribution < 1.29 is 9.53 Å². The number of likely N-dealkylation sites (tertiary alicyclic amines) is 1. The van der Waals surface area contributed by atoms with E-state index in [9.17, 15) is 4.79 Å². The van der Waals surface area contributed by atoms with Gasteiger partial charge in [0.25, 0.3) is 5.91 Å². The molecule has 1 aliphatic carbocycles. The fourth-order valence-electron chi connectivity index (χ4n) is 3.75. The van der Waals surface area contributed by atoms with Crippen LogP contribution in [-0.4, -0.2) is 59.6 Å².